The highest BCUT2D eigenvalue weighted by atomic mass is 35.5. The normalized spacial score (nSPS) is 10.3. The Hall–Kier alpha value is -3.05. The fourth-order valence-electron chi connectivity index (χ4n) is 2.36. The van der Waals surface area contributed by atoms with E-state index in [2.05, 4.69) is 15.6 Å². The maximum Gasteiger partial charge on any atom is 0.257 e. The molecule has 132 valence electrons. The second-order valence-electron chi connectivity index (χ2n) is 5.68. The van der Waals surface area contributed by atoms with Gasteiger partial charge in [0.05, 0.1) is 18.4 Å². The van der Waals surface area contributed by atoms with Crippen molar-refractivity contribution in [2.24, 2.45) is 0 Å². The van der Waals surface area contributed by atoms with Gasteiger partial charge in [0.15, 0.2) is 0 Å². The van der Waals surface area contributed by atoms with Gasteiger partial charge in [0.25, 0.3) is 5.91 Å². The maximum atomic E-state index is 12.3. The molecule has 1 heterocycles. The Bertz CT molecular complexity index is 927. The molecule has 3 aromatic rings. The molecule has 0 atom stereocenters. The molecule has 2 N–H and O–H groups in total. The first-order valence-electron chi connectivity index (χ1n) is 8.00. The lowest BCUT2D eigenvalue weighted by molar-refractivity contribution is 0.102. The van der Waals surface area contributed by atoms with Gasteiger partial charge in [-0.05, 0) is 48.9 Å². The zero-order valence-corrected chi connectivity index (χ0v) is 15.2. The van der Waals surface area contributed by atoms with Crippen molar-refractivity contribution in [3.05, 3.63) is 76.9 Å². The molecule has 0 fully saturated rings. The zero-order valence-electron chi connectivity index (χ0n) is 14.4. The van der Waals surface area contributed by atoms with Crippen LogP contribution < -0.4 is 15.4 Å². The van der Waals surface area contributed by atoms with Crippen molar-refractivity contribution in [2.75, 3.05) is 17.7 Å². The maximum absolute atomic E-state index is 12.3. The average Bonchev–Trinajstić information content (AvgIpc) is 2.66. The zero-order chi connectivity index (χ0) is 18.5. The molecular formula is C20H18ClN3O2. The first kappa shape index (κ1) is 17.8. The van der Waals surface area contributed by atoms with E-state index in [0.29, 0.717) is 27.8 Å². The molecule has 0 spiro atoms. The number of amides is 1. The molecule has 26 heavy (non-hydrogen) atoms. The monoisotopic (exact) mass is 367 g/mol. The lowest BCUT2D eigenvalue weighted by atomic mass is 10.2. The second-order valence-corrected chi connectivity index (χ2v) is 6.08. The van der Waals surface area contributed by atoms with Gasteiger partial charge in [-0.15, -0.1) is 0 Å². The number of ether oxygens (including phenoxy) is 1. The van der Waals surface area contributed by atoms with E-state index in [9.17, 15) is 4.79 Å². The number of hydrogen-bond donors (Lipinski definition) is 2. The van der Waals surface area contributed by atoms with E-state index < -0.39 is 0 Å². The van der Waals surface area contributed by atoms with Crippen LogP contribution in [0.15, 0.2) is 60.8 Å². The number of benzene rings is 2. The second kappa shape index (κ2) is 7.89. The van der Waals surface area contributed by atoms with Gasteiger partial charge >= 0.3 is 0 Å². The van der Waals surface area contributed by atoms with Gasteiger partial charge in [-0.2, -0.15) is 0 Å². The fourth-order valence-corrected chi connectivity index (χ4v) is 2.54. The van der Waals surface area contributed by atoms with Gasteiger partial charge in [-0.1, -0.05) is 29.8 Å². The lowest BCUT2D eigenvalue weighted by Gasteiger charge is -2.11. The molecule has 0 aliphatic rings. The highest BCUT2D eigenvalue weighted by molar-refractivity contribution is 6.31. The standard InChI is InChI=1S/C20H18ClN3O2/c1-13-7-9-15(11-16(13)21)23-20(25)14-8-10-19(22-12-14)24-17-5-3-4-6-18(17)26-2/h3-12H,1-2H3,(H,22,24)(H,23,25). The first-order chi connectivity index (χ1) is 12.6. The number of pyridine rings is 1. The number of nitrogens with one attached hydrogen (secondary N) is 2. The molecule has 0 saturated carbocycles. The van der Waals surface area contributed by atoms with Gasteiger partial charge in [0, 0.05) is 16.9 Å². The van der Waals surface area contributed by atoms with E-state index in [-0.39, 0.29) is 5.91 Å². The van der Waals surface area contributed by atoms with Crippen LogP contribution >= 0.6 is 11.6 Å². The van der Waals surface area contributed by atoms with Gasteiger partial charge < -0.3 is 15.4 Å². The Labute approximate surface area is 157 Å². The number of carbonyl (C=O) groups excluding carboxylic acids is 1. The summed E-state index contributed by atoms with van der Waals surface area (Å²) in [5.74, 6) is 1.08. The van der Waals surface area contributed by atoms with E-state index in [0.717, 1.165) is 11.3 Å². The molecule has 0 unspecified atom stereocenters. The molecule has 0 aliphatic carbocycles. The number of halogens is 1. The number of methoxy groups -OCH3 is 1. The van der Waals surface area contributed by atoms with E-state index in [1.807, 2.05) is 43.3 Å². The van der Waals surface area contributed by atoms with Crippen LogP contribution in [0.4, 0.5) is 17.2 Å². The lowest BCUT2D eigenvalue weighted by Crippen LogP contribution is -2.12. The molecule has 0 aliphatic heterocycles. The molecule has 3 rings (SSSR count). The molecule has 1 aromatic heterocycles. The summed E-state index contributed by atoms with van der Waals surface area (Å²) in [6.07, 6.45) is 1.52. The number of anilines is 3. The van der Waals surface area contributed by atoms with Crippen LogP contribution in [0.3, 0.4) is 0 Å². The topological polar surface area (TPSA) is 63.2 Å². The SMILES string of the molecule is COc1ccccc1Nc1ccc(C(=O)Nc2ccc(C)c(Cl)c2)cn1. The van der Waals surface area contributed by atoms with E-state index in [1.54, 1.807) is 25.3 Å². The number of carbonyl (C=O) groups is 1. The summed E-state index contributed by atoms with van der Waals surface area (Å²) in [5.41, 5.74) is 2.85. The van der Waals surface area contributed by atoms with Crippen LogP contribution in [0.2, 0.25) is 5.02 Å². The number of nitrogens with zero attached hydrogens (tertiary/aromatic N) is 1. The minimum atomic E-state index is -0.249. The smallest absolute Gasteiger partial charge is 0.257 e. The Kier molecular flexibility index (Phi) is 5.39. The number of rotatable bonds is 5. The molecule has 0 saturated heterocycles. The van der Waals surface area contributed by atoms with Gasteiger partial charge in [-0.25, -0.2) is 4.98 Å². The highest BCUT2D eigenvalue weighted by Gasteiger charge is 2.09. The summed E-state index contributed by atoms with van der Waals surface area (Å²) in [5, 5.41) is 6.59. The molecule has 1 amide bonds. The first-order valence-corrected chi connectivity index (χ1v) is 8.38. The predicted octanol–water partition coefficient (Wildman–Crippen LogP) is 5.05. The van der Waals surface area contributed by atoms with Gasteiger partial charge in [0.1, 0.15) is 11.6 Å². The summed E-state index contributed by atoms with van der Waals surface area (Å²) in [6, 6.07) is 16.4. The van der Waals surface area contributed by atoms with Crippen LogP contribution in [0.1, 0.15) is 15.9 Å². The van der Waals surface area contributed by atoms with Crippen molar-refractivity contribution in [3.8, 4) is 5.75 Å². The van der Waals surface area contributed by atoms with E-state index in [1.165, 1.54) is 6.20 Å². The Morgan fingerprint density at radius 3 is 2.62 bits per heavy atom. The molecule has 6 heteroatoms. The number of para-hydroxylation sites is 2. The van der Waals surface area contributed by atoms with E-state index in [4.69, 9.17) is 16.3 Å². The Morgan fingerprint density at radius 2 is 1.92 bits per heavy atom. The largest absolute Gasteiger partial charge is 0.495 e. The fraction of sp³-hybridized carbons (Fsp3) is 0.100. The van der Waals surface area contributed by atoms with Crippen molar-refractivity contribution >= 4 is 34.7 Å². The Balaban J connectivity index is 1.70. The summed E-state index contributed by atoms with van der Waals surface area (Å²) in [7, 11) is 1.61. The third-order valence-electron chi connectivity index (χ3n) is 3.83. The summed E-state index contributed by atoms with van der Waals surface area (Å²) < 4.78 is 5.30. The minimum absolute atomic E-state index is 0.249. The minimum Gasteiger partial charge on any atom is -0.495 e. The van der Waals surface area contributed by atoms with Crippen LogP contribution in [0.5, 0.6) is 5.75 Å². The van der Waals surface area contributed by atoms with Crippen molar-refractivity contribution in [1.82, 2.24) is 4.98 Å². The predicted molar refractivity (Wildman–Crippen MR) is 105 cm³/mol. The highest BCUT2D eigenvalue weighted by Crippen LogP contribution is 2.26. The van der Waals surface area contributed by atoms with Crippen LogP contribution in [0, 0.1) is 6.92 Å². The molecule has 0 bridgehead atoms. The average molecular weight is 368 g/mol. The summed E-state index contributed by atoms with van der Waals surface area (Å²) in [6.45, 7) is 1.91. The summed E-state index contributed by atoms with van der Waals surface area (Å²) in [4.78, 5) is 16.6. The van der Waals surface area contributed by atoms with Crippen molar-refractivity contribution < 1.29 is 9.53 Å². The number of aryl methyl sites for hydroxylation is 1. The number of hydrogen-bond acceptors (Lipinski definition) is 4. The third kappa shape index (κ3) is 4.13. The molecule has 0 radical (unpaired) electrons. The summed E-state index contributed by atoms with van der Waals surface area (Å²) >= 11 is 6.08. The quantitative estimate of drug-likeness (QED) is 0.662. The van der Waals surface area contributed by atoms with Crippen LogP contribution in [0.25, 0.3) is 0 Å². The van der Waals surface area contributed by atoms with Crippen LogP contribution in [-0.2, 0) is 0 Å². The van der Waals surface area contributed by atoms with Gasteiger partial charge in [0.2, 0.25) is 0 Å². The van der Waals surface area contributed by atoms with E-state index >= 15 is 0 Å². The number of aromatic nitrogens is 1. The van der Waals surface area contributed by atoms with Crippen LogP contribution in [-0.4, -0.2) is 18.0 Å². The Morgan fingerprint density at radius 1 is 1.12 bits per heavy atom. The molecule has 2 aromatic carbocycles. The third-order valence-corrected chi connectivity index (χ3v) is 4.23. The molecule has 5 nitrogen and oxygen atoms in total. The van der Waals surface area contributed by atoms with Crippen molar-refractivity contribution in [1.29, 1.82) is 0 Å². The van der Waals surface area contributed by atoms with Gasteiger partial charge in [-0.3, -0.25) is 4.79 Å². The van der Waals surface area contributed by atoms with Crippen molar-refractivity contribution in [2.45, 2.75) is 6.92 Å². The molecular weight excluding hydrogens is 350 g/mol. The van der Waals surface area contributed by atoms with Crippen molar-refractivity contribution in [3.63, 3.8) is 0 Å².